The highest BCUT2D eigenvalue weighted by atomic mass is 16.6. The van der Waals surface area contributed by atoms with Gasteiger partial charge in [-0.1, -0.05) is 6.07 Å². The van der Waals surface area contributed by atoms with Gasteiger partial charge in [-0.05, 0) is 23.8 Å². The molecule has 2 aliphatic heterocycles. The Hall–Kier alpha value is -3.67. The Bertz CT molecular complexity index is 1310. The molecule has 1 aromatic carbocycles. The minimum atomic E-state index is 0.0167. The Morgan fingerprint density at radius 3 is 2.65 bits per heavy atom. The van der Waals surface area contributed by atoms with Crippen molar-refractivity contribution in [3.63, 3.8) is 0 Å². The summed E-state index contributed by atoms with van der Waals surface area (Å²) in [4.78, 5) is 7.85. The summed E-state index contributed by atoms with van der Waals surface area (Å²) in [7, 11) is 0. The van der Waals surface area contributed by atoms with Gasteiger partial charge in [0.05, 0.1) is 43.9 Å². The summed E-state index contributed by atoms with van der Waals surface area (Å²) >= 11 is 0. The molecular formula is C23H19N5O3. The van der Waals surface area contributed by atoms with Crippen LogP contribution >= 0.6 is 0 Å². The van der Waals surface area contributed by atoms with Crippen LogP contribution in [0.3, 0.4) is 0 Å². The van der Waals surface area contributed by atoms with Gasteiger partial charge in [-0.25, -0.2) is 4.98 Å². The molecule has 0 aliphatic carbocycles. The van der Waals surface area contributed by atoms with Gasteiger partial charge in [-0.3, -0.25) is 5.10 Å². The fourth-order valence-corrected chi connectivity index (χ4v) is 3.98. The van der Waals surface area contributed by atoms with E-state index in [-0.39, 0.29) is 6.10 Å². The molecule has 2 aliphatic rings. The number of H-pyrrole nitrogens is 2. The summed E-state index contributed by atoms with van der Waals surface area (Å²) in [5, 5.41) is 18.0. The number of ether oxygens (including phenoxy) is 3. The zero-order valence-electron chi connectivity index (χ0n) is 16.6. The van der Waals surface area contributed by atoms with Crippen LogP contribution in [0.5, 0.6) is 5.75 Å². The second-order valence-corrected chi connectivity index (χ2v) is 7.85. The Morgan fingerprint density at radius 2 is 1.90 bits per heavy atom. The minimum Gasteiger partial charge on any atom is -0.484 e. The lowest BCUT2D eigenvalue weighted by molar-refractivity contribution is -0.0797. The number of benzene rings is 1. The van der Waals surface area contributed by atoms with E-state index in [9.17, 15) is 5.26 Å². The quantitative estimate of drug-likeness (QED) is 0.519. The van der Waals surface area contributed by atoms with E-state index in [1.165, 1.54) is 0 Å². The molecule has 2 N–H and O–H groups in total. The first-order valence-electron chi connectivity index (χ1n) is 10.2. The van der Waals surface area contributed by atoms with Crippen molar-refractivity contribution in [1.29, 1.82) is 5.26 Å². The standard InChI is InChI=1S/C23H19N5O3/c24-5-14-3-13(1-2-21(14)31-17-11-30-12-17)19-7-26-23-18(19)4-15(6-25-23)20-8-27-28-22(20)16-9-29-10-16/h1-4,6-8,16-17H,9-12H2,(H,25,26)(H,27,28). The molecule has 5 heterocycles. The maximum absolute atomic E-state index is 9.64. The van der Waals surface area contributed by atoms with Gasteiger partial charge >= 0.3 is 0 Å². The molecule has 0 spiro atoms. The molecule has 0 amide bonds. The Morgan fingerprint density at radius 1 is 1.03 bits per heavy atom. The molecule has 4 aromatic rings. The van der Waals surface area contributed by atoms with Gasteiger partial charge in [0.15, 0.2) is 0 Å². The summed E-state index contributed by atoms with van der Waals surface area (Å²) in [6, 6.07) is 10.1. The molecule has 6 rings (SSSR count). The van der Waals surface area contributed by atoms with Crippen LogP contribution in [-0.4, -0.2) is 52.7 Å². The average Bonchev–Trinajstić information content (AvgIpc) is 3.36. The number of nitrogens with one attached hydrogen (secondary N) is 2. The first-order valence-corrected chi connectivity index (χ1v) is 10.2. The van der Waals surface area contributed by atoms with Gasteiger partial charge in [0.1, 0.15) is 23.6 Å². The van der Waals surface area contributed by atoms with Crippen molar-refractivity contribution >= 4 is 11.0 Å². The van der Waals surface area contributed by atoms with Gasteiger partial charge in [0.25, 0.3) is 0 Å². The number of aromatic amines is 2. The first kappa shape index (κ1) is 18.1. The molecule has 2 fully saturated rings. The van der Waals surface area contributed by atoms with Crippen molar-refractivity contribution in [3.8, 4) is 34.1 Å². The van der Waals surface area contributed by atoms with Crippen LogP contribution in [0, 0.1) is 11.3 Å². The number of rotatable bonds is 5. The third-order valence-corrected chi connectivity index (χ3v) is 5.87. The van der Waals surface area contributed by atoms with Crippen molar-refractivity contribution in [2.75, 3.05) is 26.4 Å². The zero-order chi connectivity index (χ0) is 20.8. The van der Waals surface area contributed by atoms with Crippen LogP contribution in [0.4, 0.5) is 0 Å². The Balaban J connectivity index is 1.39. The maximum atomic E-state index is 9.64. The number of fused-ring (bicyclic) bond motifs is 1. The summed E-state index contributed by atoms with van der Waals surface area (Å²) in [6.45, 7) is 2.54. The number of pyridine rings is 1. The van der Waals surface area contributed by atoms with E-state index in [0.717, 1.165) is 39.0 Å². The molecule has 0 bridgehead atoms. The maximum Gasteiger partial charge on any atom is 0.145 e. The molecule has 3 aromatic heterocycles. The van der Waals surface area contributed by atoms with E-state index in [1.54, 1.807) is 0 Å². The molecule has 8 heteroatoms. The number of hydrogen-bond donors (Lipinski definition) is 2. The van der Waals surface area contributed by atoms with Crippen LogP contribution in [0.1, 0.15) is 17.2 Å². The van der Waals surface area contributed by atoms with Crippen LogP contribution in [0.25, 0.3) is 33.3 Å². The highest BCUT2D eigenvalue weighted by Gasteiger charge is 2.26. The van der Waals surface area contributed by atoms with Crippen molar-refractivity contribution < 1.29 is 14.2 Å². The Labute approximate surface area is 177 Å². The minimum absolute atomic E-state index is 0.0167. The summed E-state index contributed by atoms with van der Waals surface area (Å²) in [6.07, 6.45) is 5.64. The topological polar surface area (TPSA) is 109 Å². The van der Waals surface area contributed by atoms with E-state index in [0.29, 0.717) is 43.7 Å². The smallest absolute Gasteiger partial charge is 0.145 e. The molecule has 0 atom stereocenters. The average molecular weight is 413 g/mol. The lowest BCUT2D eigenvalue weighted by Crippen LogP contribution is -2.38. The molecule has 0 unspecified atom stereocenters. The van der Waals surface area contributed by atoms with Crippen LogP contribution in [0.2, 0.25) is 0 Å². The van der Waals surface area contributed by atoms with E-state index < -0.39 is 0 Å². The second kappa shape index (κ2) is 7.23. The summed E-state index contributed by atoms with van der Waals surface area (Å²) in [5.74, 6) is 0.926. The van der Waals surface area contributed by atoms with Crippen molar-refractivity contribution in [1.82, 2.24) is 20.2 Å². The van der Waals surface area contributed by atoms with E-state index in [4.69, 9.17) is 14.2 Å². The normalized spacial score (nSPS) is 16.6. The van der Waals surface area contributed by atoms with E-state index in [1.807, 2.05) is 36.8 Å². The highest BCUT2D eigenvalue weighted by molar-refractivity contribution is 5.96. The molecular weight excluding hydrogens is 394 g/mol. The number of nitrogens with zero attached hydrogens (tertiary/aromatic N) is 3. The number of aromatic nitrogens is 4. The fourth-order valence-electron chi connectivity index (χ4n) is 3.98. The van der Waals surface area contributed by atoms with Crippen LogP contribution in [0.15, 0.2) is 42.9 Å². The molecule has 8 nitrogen and oxygen atoms in total. The fraction of sp³-hybridized carbons (Fsp3) is 0.261. The second-order valence-electron chi connectivity index (χ2n) is 7.85. The third-order valence-electron chi connectivity index (χ3n) is 5.87. The van der Waals surface area contributed by atoms with Gasteiger partial charge in [0.2, 0.25) is 0 Å². The van der Waals surface area contributed by atoms with E-state index >= 15 is 0 Å². The summed E-state index contributed by atoms with van der Waals surface area (Å²) in [5.41, 5.74) is 6.33. The highest BCUT2D eigenvalue weighted by Crippen LogP contribution is 2.36. The number of hydrogen-bond acceptors (Lipinski definition) is 6. The molecule has 2 saturated heterocycles. The van der Waals surface area contributed by atoms with Gasteiger partial charge in [0, 0.05) is 40.4 Å². The zero-order valence-corrected chi connectivity index (χ0v) is 16.6. The van der Waals surface area contributed by atoms with Gasteiger partial charge in [-0.15, -0.1) is 0 Å². The van der Waals surface area contributed by atoms with Crippen molar-refractivity contribution in [2.24, 2.45) is 0 Å². The van der Waals surface area contributed by atoms with Crippen molar-refractivity contribution in [2.45, 2.75) is 12.0 Å². The lowest BCUT2D eigenvalue weighted by Gasteiger charge is -2.27. The van der Waals surface area contributed by atoms with Crippen LogP contribution < -0.4 is 4.74 Å². The Kier molecular flexibility index (Phi) is 4.23. The molecule has 0 radical (unpaired) electrons. The monoisotopic (exact) mass is 413 g/mol. The van der Waals surface area contributed by atoms with Crippen molar-refractivity contribution in [3.05, 3.63) is 54.1 Å². The predicted molar refractivity (Wildman–Crippen MR) is 113 cm³/mol. The van der Waals surface area contributed by atoms with Crippen LogP contribution in [-0.2, 0) is 9.47 Å². The largest absolute Gasteiger partial charge is 0.484 e. The summed E-state index contributed by atoms with van der Waals surface area (Å²) < 4.78 is 16.4. The van der Waals surface area contributed by atoms with Gasteiger partial charge < -0.3 is 19.2 Å². The first-order chi connectivity index (χ1) is 15.3. The molecule has 0 saturated carbocycles. The number of nitriles is 1. The lowest BCUT2D eigenvalue weighted by atomic mass is 9.96. The van der Waals surface area contributed by atoms with Gasteiger partial charge in [-0.2, -0.15) is 10.4 Å². The SMILES string of the molecule is N#Cc1cc(-c2c[nH]c3ncc(-c4cn[nH]c4C4COC4)cc23)ccc1OC1COC1. The molecule has 154 valence electrons. The third kappa shape index (κ3) is 3.06. The predicted octanol–water partition coefficient (Wildman–Crippen LogP) is 3.38. The molecule has 31 heavy (non-hydrogen) atoms. The van der Waals surface area contributed by atoms with E-state index in [2.05, 4.69) is 32.3 Å².